The highest BCUT2D eigenvalue weighted by Gasteiger charge is 2.24. The molecule has 0 spiro atoms. The number of benzene rings is 3. The monoisotopic (exact) mass is 529 g/mol. The van der Waals surface area contributed by atoms with E-state index in [1.54, 1.807) is 14.2 Å². The second kappa shape index (κ2) is 11.9. The minimum atomic E-state index is -2.62. The number of ether oxygens (including phenoxy) is 2. The molecule has 0 aliphatic carbocycles. The van der Waals surface area contributed by atoms with E-state index in [4.69, 9.17) is 21.1 Å². The Morgan fingerprint density at radius 3 is 2.42 bits per heavy atom. The first-order valence-electron chi connectivity index (χ1n) is 11.9. The Morgan fingerprint density at radius 2 is 1.78 bits per heavy atom. The molecule has 7 nitrogen and oxygen atoms in total. The van der Waals surface area contributed by atoms with Crippen molar-refractivity contribution in [2.45, 2.75) is 18.6 Å². The van der Waals surface area contributed by atoms with Crippen LogP contribution < -0.4 is 25.0 Å². The van der Waals surface area contributed by atoms with Gasteiger partial charge in [0.1, 0.15) is 10.7 Å². The molecule has 1 fully saturated rings. The van der Waals surface area contributed by atoms with E-state index < -0.39 is 10.7 Å². The molecule has 0 radical (unpaired) electrons. The number of para-hydroxylation sites is 1. The van der Waals surface area contributed by atoms with Crippen LogP contribution in [-0.4, -0.2) is 48.8 Å². The van der Waals surface area contributed by atoms with Gasteiger partial charge in [0.2, 0.25) is 0 Å². The van der Waals surface area contributed by atoms with Crippen molar-refractivity contribution in [3.05, 3.63) is 76.3 Å². The first-order chi connectivity index (χ1) is 17.4. The minimum Gasteiger partial charge on any atom is -0.493 e. The number of anilines is 3. The van der Waals surface area contributed by atoms with Gasteiger partial charge in [-0.15, -0.1) is 0 Å². The van der Waals surface area contributed by atoms with E-state index >= 15 is 0 Å². The molecule has 1 atom stereocenters. The van der Waals surface area contributed by atoms with Crippen molar-refractivity contribution in [2.24, 2.45) is 0 Å². The molecule has 36 heavy (non-hydrogen) atoms. The summed E-state index contributed by atoms with van der Waals surface area (Å²) in [6, 6.07) is 17.7. The van der Waals surface area contributed by atoms with Crippen molar-refractivity contribution in [3.63, 3.8) is 0 Å². The summed E-state index contributed by atoms with van der Waals surface area (Å²) in [5.74, 6) is 0.907. The Labute approximate surface area is 219 Å². The SMILES string of the molecule is COc1cc(C(C)c2cc(C[SH](=O)=O)c(Nc3ccccc3)cc2N2CCNCC2)cc(Cl)c1OC. The molecule has 4 rings (SSSR count). The topological polar surface area (TPSA) is 79.9 Å². The third-order valence-electron chi connectivity index (χ3n) is 6.48. The average molecular weight is 530 g/mol. The Hall–Kier alpha value is -2.94. The first kappa shape index (κ1) is 26.1. The van der Waals surface area contributed by atoms with Gasteiger partial charge < -0.3 is 25.0 Å². The summed E-state index contributed by atoms with van der Waals surface area (Å²) < 4.78 is 34.7. The van der Waals surface area contributed by atoms with E-state index in [1.807, 2.05) is 48.5 Å². The van der Waals surface area contributed by atoms with Gasteiger partial charge in [-0.1, -0.05) is 42.8 Å². The molecule has 9 heteroatoms. The molecule has 3 aromatic carbocycles. The zero-order chi connectivity index (χ0) is 25.7. The van der Waals surface area contributed by atoms with Crippen LogP contribution >= 0.6 is 11.6 Å². The molecule has 1 heterocycles. The number of halogens is 1. The molecule has 2 N–H and O–H groups in total. The number of nitrogens with zero attached hydrogens (tertiary/aromatic N) is 1. The number of hydrogen-bond donors (Lipinski definition) is 3. The fraction of sp³-hybridized carbons (Fsp3) is 0.333. The van der Waals surface area contributed by atoms with Crippen molar-refractivity contribution < 1.29 is 17.9 Å². The Bertz CT molecular complexity index is 1270. The summed E-state index contributed by atoms with van der Waals surface area (Å²) in [5.41, 5.74) is 5.47. The summed E-state index contributed by atoms with van der Waals surface area (Å²) in [4.78, 5) is 2.35. The Morgan fingerprint density at radius 1 is 1.06 bits per heavy atom. The molecule has 3 aromatic rings. The maximum absolute atomic E-state index is 11.9. The van der Waals surface area contributed by atoms with Crippen molar-refractivity contribution in [1.29, 1.82) is 0 Å². The van der Waals surface area contributed by atoms with Gasteiger partial charge in [-0.2, -0.15) is 0 Å². The Kier molecular flexibility index (Phi) is 8.61. The number of methoxy groups -OCH3 is 2. The van der Waals surface area contributed by atoms with Crippen LogP contribution in [0.25, 0.3) is 0 Å². The molecule has 0 saturated carbocycles. The summed E-state index contributed by atoms with van der Waals surface area (Å²) >= 11 is 6.54. The highest BCUT2D eigenvalue weighted by molar-refractivity contribution is 7.71. The molecule has 1 unspecified atom stereocenters. The van der Waals surface area contributed by atoms with Gasteiger partial charge in [-0.3, -0.25) is 0 Å². The predicted molar refractivity (Wildman–Crippen MR) is 147 cm³/mol. The Balaban J connectivity index is 1.86. The second-order valence-electron chi connectivity index (χ2n) is 8.75. The van der Waals surface area contributed by atoms with Crippen LogP contribution in [-0.2, 0) is 16.5 Å². The van der Waals surface area contributed by atoms with Gasteiger partial charge in [0.05, 0.1) is 25.0 Å². The van der Waals surface area contributed by atoms with Gasteiger partial charge in [0.25, 0.3) is 0 Å². The van der Waals surface area contributed by atoms with Crippen LogP contribution in [0.5, 0.6) is 11.5 Å². The molecule has 1 aliphatic rings. The van der Waals surface area contributed by atoms with Crippen LogP contribution in [0.2, 0.25) is 5.02 Å². The lowest BCUT2D eigenvalue weighted by Crippen LogP contribution is -2.44. The molecule has 0 amide bonds. The quantitative estimate of drug-likeness (QED) is 0.344. The van der Waals surface area contributed by atoms with Crippen molar-refractivity contribution in [3.8, 4) is 11.5 Å². The van der Waals surface area contributed by atoms with Crippen LogP contribution in [0, 0.1) is 0 Å². The summed E-state index contributed by atoms with van der Waals surface area (Å²) in [5, 5.41) is 7.31. The van der Waals surface area contributed by atoms with Gasteiger partial charge >= 0.3 is 0 Å². The largest absolute Gasteiger partial charge is 0.493 e. The summed E-state index contributed by atoms with van der Waals surface area (Å²) in [7, 11) is 0.526. The minimum absolute atomic E-state index is 0.0568. The van der Waals surface area contributed by atoms with Crippen LogP contribution in [0.3, 0.4) is 0 Å². The third-order valence-corrected chi connectivity index (χ3v) is 7.36. The van der Waals surface area contributed by atoms with E-state index in [9.17, 15) is 8.42 Å². The maximum Gasteiger partial charge on any atom is 0.179 e. The molecule has 0 bridgehead atoms. The average Bonchev–Trinajstić information content (AvgIpc) is 2.89. The standard InChI is InChI=1S/C27H32ClN3O4S/c1-18(19-14-23(28)27(35-3)26(15-19)34-2)22-13-20(17-36(32)33)24(30-21-7-5-4-6-8-21)16-25(22)31-11-9-29-10-12-31/h4-8,13-16,18,29-30,36H,9-12,17H2,1-3H3. The fourth-order valence-electron chi connectivity index (χ4n) is 4.61. The van der Waals surface area contributed by atoms with Crippen LogP contribution in [0.1, 0.15) is 29.5 Å². The molecule has 1 aliphatic heterocycles. The van der Waals surface area contributed by atoms with E-state index in [1.165, 1.54) is 0 Å². The first-order valence-corrected chi connectivity index (χ1v) is 13.6. The zero-order valence-corrected chi connectivity index (χ0v) is 22.4. The van der Waals surface area contributed by atoms with Crippen molar-refractivity contribution in [1.82, 2.24) is 5.32 Å². The molecule has 192 valence electrons. The van der Waals surface area contributed by atoms with Crippen LogP contribution in [0.15, 0.2) is 54.6 Å². The van der Waals surface area contributed by atoms with E-state index in [0.717, 1.165) is 59.9 Å². The van der Waals surface area contributed by atoms with E-state index in [0.29, 0.717) is 16.5 Å². The second-order valence-corrected chi connectivity index (χ2v) is 10.1. The molecule has 1 saturated heterocycles. The van der Waals surface area contributed by atoms with Gasteiger partial charge in [-0.25, -0.2) is 8.42 Å². The number of thiol groups is 1. The van der Waals surface area contributed by atoms with Gasteiger partial charge in [0.15, 0.2) is 11.5 Å². The van der Waals surface area contributed by atoms with Crippen molar-refractivity contribution >= 4 is 39.4 Å². The zero-order valence-electron chi connectivity index (χ0n) is 20.7. The fourth-order valence-corrected chi connectivity index (χ4v) is 5.45. The molecular weight excluding hydrogens is 498 g/mol. The van der Waals surface area contributed by atoms with Gasteiger partial charge in [-0.05, 0) is 47.0 Å². The molecule has 0 aromatic heterocycles. The van der Waals surface area contributed by atoms with E-state index in [2.05, 4.69) is 28.5 Å². The number of piperazine rings is 1. The molecular formula is C27H32ClN3O4S. The highest BCUT2D eigenvalue weighted by Crippen LogP contribution is 2.42. The lowest BCUT2D eigenvalue weighted by molar-refractivity contribution is 0.354. The predicted octanol–water partition coefficient (Wildman–Crippen LogP) is 4.77. The number of rotatable bonds is 9. The van der Waals surface area contributed by atoms with Gasteiger partial charge in [0, 0.05) is 49.2 Å². The van der Waals surface area contributed by atoms with Crippen LogP contribution in [0.4, 0.5) is 17.1 Å². The summed E-state index contributed by atoms with van der Waals surface area (Å²) in [6.07, 6.45) is 0. The normalized spacial score (nSPS) is 14.5. The summed E-state index contributed by atoms with van der Waals surface area (Å²) in [6.45, 7) is 5.57. The van der Waals surface area contributed by atoms with E-state index in [-0.39, 0.29) is 11.7 Å². The smallest absolute Gasteiger partial charge is 0.179 e. The lowest BCUT2D eigenvalue weighted by atomic mass is 9.89. The lowest BCUT2D eigenvalue weighted by Gasteiger charge is -2.33. The maximum atomic E-state index is 11.9. The number of hydrogen-bond acceptors (Lipinski definition) is 7. The van der Waals surface area contributed by atoms with Crippen molar-refractivity contribution in [2.75, 3.05) is 50.6 Å². The third kappa shape index (κ3) is 5.88. The highest BCUT2D eigenvalue weighted by atomic mass is 35.5. The number of nitrogens with one attached hydrogen (secondary N) is 2.